The second-order valence-electron chi connectivity index (χ2n) is 6.17. The van der Waals surface area contributed by atoms with E-state index in [0.717, 1.165) is 28.4 Å². The largest absolute Gasteiger partial charge is 0.349 e. The van der Waals surface area contributed by atoms with Crippen molar-refractivity contribution < 1.29 is 9.59 Å². The van der Waals surface area contributed by atoms with Gasteiger partial charge in [-0.05, 0) is 67.3 Å². The number of amides is 2. The fourth-order valence-corrected chi connectivity index (χ4v) is 2.94. The highest BCUT2D eigenvalue weighted by Gasteiger charge is 2.23. The lowest BCUT2D eigenvalue weighted by molar-refractivity contribution is -0.111. The van der Waals surface area contributed by atoms with E-state index in [0.29, 0.717) is 17.3 Å². The Kier molecular flexibility index (Phi) is 5.34. The number of carbonyl (C=O) groups excluding carboxylic acids is 2. The standard InChI is InChI=1S/C20H19BrN2O2/c1-13-2-3-14(18(21)12-13)6-11-19(24)22-16-7-4-15(5-8-16)20(25)23-17-9-10-17/h2-8,11-12,17H,9-10H2,1H3,(H,22,24)(H,23,25)/b11-6+. The van der Waals surface area contributed by atoms with Crippen LogP contribution in [0.15, 0.2) is 53.0 Å². The van der Waals surface area contributed by atoms with E-state index in [-0.39, 0.29) is 11.8 Å². The fourth-order valence-electron chi connectivity index (χ4n) is 2.32. The SMILES string of the molecule is Cc1ccc(/C=C/C(=O)Nc2ccc(C(=O)NC3CC3)cc2)c(Br)c1. The molecule has 128 valence electrons. The van der Waals surface area contributed by atoms with Gasteiger partial charge in [-0.3, -0.25) is 9.59 Å². The van der Waals surface area contributed by atoms with Crippen molar-refractivity contribution in [3.63, 3.8) is 0 Å². The maximum atomic E-state index is 12.0. The average molecular weight is 399 g/mol. The molecule has 25 heavy (non-hydrogen) atoms. The Hall–Kier alpha value is -2.40. The van der Waals surface area contributed by atoms with Crippen LogP contribution in [0.1, 0.15) is 34.3 Å². The topological polar surface area (TPSA) is 58.2 Å². The molecule has 0 heterocycles. The van der Waals surface area contributed by atoms with Crippen LogP contribution in [-0.2, 0) is 4.79 Å². The van der Waals surface area contributed by atoms with Crippen LogP contribution in [0.2, 0.25) is 0 Å². The van der Waals surface area contributed by atoms with Crippen molar-refractivity contribution in [2.45, 2.75) is 25.8 Å². The molecular weight excluding hydrogens is 380 g/mol. The summed E-state index contributed by atoms with van der Waals surface area (Å²) in [4.78, 5) is 24.0. The zero-order chi connectivity index (χ0) is 17.8. The van der Waals surface area contributed by atoms with Crippen molar-refractivity contribution in [3.05, 3.63) is 69.7 Å². The molecule has 0 unspecified atom stereocenters. The number of hydrogen-bond donors (Lipinski definition) is 2. The molecule has 2 aromatic carbocycles. The zero-order valence-electron chi connectivity index (χ0n) is 13.9. The third-order valence-electron chi connectivity index (χ3n) is 3.90. The van der Waals surface area contributed by atoms with Crippen molar-refractivity contribution in [2.75, 3.05) is 5.32 Å². The molecule has 3 rings (SSSR count). The maximum Gasteiger partial charge on any atom is 0.251 e. The number of benzene rings is 2. The van der Waals surface area contributed by atoms with E-state index in [9.17, 15) is 9.59 Å². The van der Waals surface area contributed by atoms with Crippen LogP contribution in [0.3, 0.4) is 0 Å². The monoisotopic (exact) mass is 398 g/mol. The molecule has 1 aliphatic rings. The summed E-state index contributed by atoms with van der Waals surface area (Å²) >= 11 is 3.49. The molecular formula is C20H19BrN2O2. The van der Waals surface area contributed by atoms with Crippen LogP contribution in [0.5, 0.6) is 0 Å². The number of hydrogen-bond acceptors (Lipinski definition) is 2. The third-order valence-corrected chi connectivity index (χ3v) is 4.58. The van der Waals surface area contributed by atoms with Crippen molar-refractivity contribution in [1.29, 1.82) is 0 Å². The lowest BCUT2D eigenvalue weighted by Gasteiger charge is -2.06. The first-order valence-corrected chi connectivity index (χ1v) is 8.97. The Morgan fingerprint density at radius 1 is 1.12 bits per heavy atom. The van der Waals surface area contributed by atoms with Gasteiger partial charge in [0.1, 0.15) is 0 Å². The lowest BCUT2D eigenvalue weighted by Crippen LogP contribution is -2.25. The molecule has 2 N–H and O–H groups in total. The molecule has 1 saturated carbocycles. The molecule has 2 aromatic rings. The molecule has 0 aromatic heterocycles. The van der Waals surface area contributed by atoms with Crippen LogP contribution < -0.4 is 10.6 Å². The quantitative estimate of drug-likeness (QED) is 0.737. The van der Waals surface area contributed by atoms with Crippen LogP contribution >= 0.6 is 15.9 Å². The molecule has 4 nitrogen and oxygen atoms in total. The smallest absolute Gasteiger partial charge is 0.251 e. The Bertz CT molecular complexity index is 824. The molecule has 0 spiro atoms. The highest BCUT2D eigenvalue weighted by atomic mass is 79.9. The molecule has 0 radical (unpaired) electrons. The number of nitrogens with one attached hydrogen (secondary N) is 2. The molecule has 5 heteroatoms. The second kappa shape index (κ2) is 7.66. The molecule has 1 fully saturated rings. The molecule has 2 amide bonds. The number of aryl methyl sites for hydroxylation is 1. The van der Waals surface area contributed by atoms with Gasteiger partial charge in [0.2, 0.25) is 5.91 Å². The summed E-state index contributed by atoms with van der Waals surface area (Å²) < 4.78 is 0.947. The van der Waals surface area contributed by atoms with Gasteiger partial charge in [0, 0.05) is 27.8 Å². The summed E-state index contributed by atoms with van der Waals surface area (Å²) in [5, 5.41) is 5.73. The normalized spacial score (nSPS) is 13.7. The average Bonchev–Trinajstić information content (AvgIpc) is 3.38. The summed E-state index contributed by atoms with van der Waals surface area (Å²) in [6.07, 6.45) is 5.37. The van der Waals surface area contributed by atoms with Crippen LogP contribution in [0, 0.1) is 6.92 Å². The zero-order valence-corrected chi connectivity index (χ0v) is 15.5. The summed E-state index contributed by atoms with van der Waals surface area (Å²) in [7, 11) is 0. The van der Waals surface area contributed by atoms with Gasteiger partial charge >= 0.3 is 0 Å². The van der Waals surface area contributed by atoms with E-state index in [1.165, 1.54) is 6.08 Å². The van der Waals surface area contributed by atoms with E-state index in [1.54, 1.807) is 30.3 Å². The van der Waals surface area contributed by atoms with Gasteiger partial charge in [0.05, 0.1) is 0 Å². The van der Waals surface area contributed by atoms with Gasteiger partial charge in [-0.25, -0.2) is 0 Å². The van der Waals surface area contributed by atoms with Crippen molar-refractivity contribution in [1.82, 2.24) is 5.32 Å². The molecule has 0 aliphatic heterocycles. The number of halogens is 1. The van der Waals surface area contributed by atoms with E-state index >= 15 is 0 Å². The van der Waals surface area contributed by atoms with Gasteiger partial charge in [-0.15, -0.1) is 0 Å². The summed E-state index contributed by atoms with van der Waals surface area (Å²) in [6.45, 7) is 2.01. The summed E-state index contributed by atoms with van der Waals surface area (Å²) in [5.74, 6) is -0.285. The van der Waals surface area contributed by atoms with Gasteiger partial charge in [-0.1, -0.05) is 28.1 Å². The Labute approximate surface area is 155 Å². The van der Waals surface area contributed by atoms with E-state index in [1.807, 2.05) is 25.1 Å². The predicted octanol–water partition coefficient (Wildman–Crippen LogP) is 4.30. The highest BCUT2D eigenvalue weighted by Crippen LogP contribution is 2.20. The number of carbonyl (C=O) groups is 2. The van der Waals surface area contributed by atoms with Gasteiger partial charge in [-0.2, -0.15) is 0 Å². The highest BCUT2D eigenvalue weighted by molar-refractivity contribution is 9.10. The first kappa shape index (κ1) is 17.4. The molecule has 0 bridgehead atoms. The van der Waals surface area contributed by atoms with Crippen molar-refractivity contribution in [2.24, 2.45) is 0 Å². The van der Waals surface area contributed by atoms with Crippen LogP contribution in [-0.4, -0.2) is 17.9 Å². The van der Waals surface area contributed by atoms with E-state index in [2.05, 4.69) is 26.6 Å². The van der Waals surface area contributed by atoms with E-state index in [4.69, 9.17) is 0 Å². The lowest BCUT2D eigenvalue weighted by atomic mass is 10.1. The Morgan fingerprint density at radius 3 is 2.48 bits per heavy atom. The summed E-state index contributed by atoms with van der Waals surface area (Å²) in [5.41, 5.74) is 3.34. The molecule has 0 atom stereocenters. The minimum Gasteiger partial charge on any atom is -0.349 e. The number of rotatable bonds is 5. The van der Waals surface area contributed by atoms with E-state index < -0.39 is 0 Å². The number of anilines is 1. The Balaban J connectivity index is 1.58. The first-order chi connectivity index (χ1) is 12.0. The minimum atomic E-state index is -0.220. The summed E-state index contributed by atoms with van der Waals surface area (Å²) in [6, 6.07) is 13.2. The van der Waals surface area contributed by atoms with Crippen LogP contribution in [0.4, 0.5) is 5.69 Å². The Morgan fingerprint density at radius 2 is 1.84 bits per heavy atom. The van der Waals surface area contributed by atoms with Gasteiger partial charge in [0.25, 0.3) is 5.91 Å². The maximum absolute atomic E-state index is 12.0. The predicted molar refractivity (Wildman–Crippen MR) is 103 cm³/mol. The van der Waals surface area contributed by atoms with Gasteiger partial charge < -0.3 is 10.6 Å². The van der Waals surface area contributed by atoms with Crippen LogP contribution in [0.25, 0.3) is 6.08 Å². The fraction of sp³-hybridized carbons (Fsp3) is 0.200. The minimum absolute atomic E-state index is 0.0653. The molecule has 0 saturated heterocycles. The second-order valence-corrected chi connectivity index (χ2v) is 7.03. The molecule has 1 aliphatic carbocycles. The third kappa shape index (κ3) is 5.03. The van der Waals surface area contributed by atoms with Crippen molar-refractivity contribution >= 4 is 39.5 Å². The van der Waals surface area contributed by atoms with Gasteiger partial charge in [0.15, 0.2) is 0 Å². The first-order valence-electron chi connectivity index (χ1n) is 8.17. The van der Waals surface area contributed by atoms with Crippen molar-refractivity contribution in [3.8, 4) is 0 Å².